The average Bonchev–Trinajstić information content (AvgIpc) is 2.39. The molecule has 0 amide bonds. The molecular formula is C15H15Br2NS. The molecule has 2 aromatic rings. The van der Waals surface area contributed by atoms with Gasteiger partial charge in [0.2, 0.25) is 0 Å². The van der Waals surface area contributed by atoms with Gasteiger partial charge < -0.3 is 5.73 Å². The van der Waals surface area contributed by atoms with Gasteiger partial charge in [0, 0.05) is 25.1 Å². The number of nitrogens with two attached hydrogens (primary N) is 1. The fourth-order valence-electron chi connectivity index (χ4n) is 1.81. The zero-order valence-corrected chi connectivity index (χ0v) is 14.5. The highest BCUT2D eigenvalue weighted by molar-refractivity contribution is 9.10. The van der Waals surface area contributed by atoms with Gasteiger partial charge in [-0.1, -0.05) is 40.2 Å². The zero-order valence-electron chi connectivity index (χ0n) is 10.5. The Morgan fingerprint density at radius 3 is 2.21 bits per heavy atom. The highest BCUT2D eigenvalue weighted by Crippen LogP contribution is 2.40. The number of halogens is 2. The van der Waals surface area contributed by atoms with Crippen molar-refractivity contribution in [3.05, 3.63) is 63.0 Å². The molecule has 4 heteroatoms. The summed E-state index contributed by atoms with van der Waals surface area (Å²) in [5.41, 5.74) is 7.41. The molecule has 0 aliphatic heterocycles. The maximum atomic E-state index is 6.16. The minimum atomic E-state index is 0.0817. The van der Waals surface area contributed by atoms with E-state index in [1.54, 1.807) is 11.8 Å². The van der Waals surface area contributed by atoms with E-state index in [-0.39, 0.29) is 11.3 Å². The first kappa shape index (κ1) is 15.1. The Balaban J connectivity index is 2.26. The fraction of sp³-hybridized carbons (Fsp3) is 0.200. The number of rotatable bonds is 4. The van der Waals surface area contributed by atoms with Gasteiger partial charge in [0.05, 0.1) is 0 Å². The fourth-order valence-corrected chi connectivity index (χ4v) is 3.76. The lowest BCUT2D eigenvalue weighted by Crippen LogP contribution is -2.22. The maximum Gasteiger partial charge on any atom is 0.0493 e. The predicted molar refractivity (Wildman–Crippen MR) is 90.5 cm³/mol. The minimum Gasteiger partial charge on any atom is -0.327 e. The van der Waals surface area contributed by atoms with Crippen LogP contribution in [0.4, 0.5) is 0 Å². The van der Waals surface area contributed by atoms with E-state index in [0.29, 0.717) is 0 Å². The molecule has 0 aromatic heterocycles. The Labute approximate surface area is 135 Å². The summed E-state index contributed by atoms with van der Waals surface area (Å²) in [4.78, 5) is 1.22. The van der Waals surface area contributed by atoms with E-state index in [9.17, 15) is 0 Å². The van der Waals surface area contributed by atoms with Crippen LogP contribution < -0.4 is 5.73 Å². The lowest BCUT2D eigenvalue weighted by Gasteiger charge is -2.21. The van der Waals surface area contributed by atoms with Crippen LogP contribution in [-0.2, 0) is 0 Å². The molecule has 0 aliphatic carbocycles. The summed E-state index contributed by atoms with van der Waals surface area (Å²) < 4.78 is 2.20. The van der Waals surface area contributed by atoms with Gasteiger partial charge in [0.15, 0.2) is 0 Å². The largest absolute Gasteiger partial charge is 0.327 e. The summed E-state index contributed by atoms with van der Waals surface area (Å²) in [6.07, 6.45) is 0. The molecule has 2 aromatic carbocycles. The zero-order chi connectivity index (χ0) is 13.8. The average molecular weight is 401 g/mol. The molecule has 0 fully saturated rings. The van der Waals surface area contributed by atoms with Gasteiger partial charge >= 0.3 is 0 Å². The first-order chi connectivity index (χ1) is 9.08. The lowest BCUT2D eigenvalue weighted by atomic mass is 10.1. The third-order valence-electron chi connectivity index (χ3n) is 2.77. The van der Waals surface area contributed by atoms with E-state index >= 15 is 0 Å². The number of thioether (sulfide) groups is 1. The Morgan fingerprint density at radius 1 is 1.00 bits per heavy atom. The highest BCUT2D eigenvalue weighted by atomic mass is 79.9. The van der Waals surface area contributed by atoms with Crippen LogP contribution in [0.5, 0.6) is 0 Å². The highest BCUT2D eigenvalue weighted by Gasteiger charge is 2.18. The molecule has 0 saturated carbocycles. The van der Waals surface area contributed by atoms with Crippen LogP contribution >= 0.6 is 43.6 Å². The summed E-state index contributed by atoms with van der Waals surface area (Å²) in [5, 5.41) is 0.242. The van der Waals surface area contributed by atoms with Gasteiger partial charge in [-0.15, -0.1) is 11.8 Å². The van der Waals surface area contributed by atoms with E-state index in [1.165, 1.54) is 10.5 Å². The van der Waals surface area contributed by atoms with E-state index in [4.69, 9.17) is 5.73 Å². The predicted octanol–water partition coefficient (Wildman–Crippen LogP) is 5.39. The van der Waals surface area contributed by atoms with Crippen molar-refractivity contribution in [2.75, 3.05) is 0 Å². The standard InChI is InChI=1S/C15H15Br2NS/c1-10(18)15(11-6-8-12(16)9-7-11)19-14-5-3-2-4-13(14)17/h2-10,15H,18H2,1H3. The molecule has 19 heavy (non-hydrogen) atoms. The molecular weight excluding hydrogens is 386 g/mol. The Bertz CT molecular complexity index is 540. The van der Waals surface area contributed by atoms with Crippen molar-refractivity contribution < 1.29 is 0 Å². The Morgan fingerprint density at radius 2 is 1.63 bits per heavy atom. The van der Waals surface area contributed by atoms with Crippen LogP contribution in [0.25, 0.3) is 0 Å². The third kappa shape index (κ3) is 4.09. The smallest absolute Gasteiger partial charge is 0.0493 e. The molecule has 2 N–H and O–H groups in total. The maximum absolute atomic E-state index is 6.16. The summed E-state index contributed by atoms with van der Waals surface area (Å²) in [6.45, 7) is 2.05. The number of hydrogen-bond donors (Lipinski definition) is 1. The van der Waals surface area contributed by atoms with Crippen molar-refractivity contribution in [2.24, 2.45) is 5.73 Å². The minimum absolute atomic E-state index is 0.0817. The van der Waals surface area contributed by atoms with Crippen LogP contribution in [0.1, 0.15) is 17.7 Å². The number of benzene rings is 2. The van der Waals surface area contributed by atoms with E-state index in [0.717, 1.165) is 8.95 Å². The molecule has 0 aliphatic rings. The second kappa shape index (κ2) is 6.93. The monoisotopic (exact) mass is 399 g/mol. The van der Waals surface area contributed by atoms with Gasteiger partial charge in [0.25, 0.3) is 0 Å². The van der Waals surface area contributed by atoms with Crippen molar-refractivity contribution in [3.63, 3.8) is 0 Å². The summed E-state index contributed by atoms with van der Waals surface area (Å²) in [5.74, 6) is 0. The van der Waals surface area contributed by atoms with E-state index in [1.807, 2.05) is 12.1 Å². The van der Waals surface area contributed by atoms with Crippen LogP contribution in [-0.4, -0.2) is 6.04 Å². The van der Waals surface area contributed by atoms with Gasteiger partial charge in [0.1, 0.15) is 0 Å². The Hall–Kier alpha value is -0.290. The first-order valence-electron chi connectivity index (χ1n) is 6.00. The van der Waals surface area contributed by atoms with E-state index < -0.39 is 0 Å². The van der Waals surface area contributed by atoms with Gasteiger partial charge in [-0.25, -0.2) is 0 Å². The van der Waals surface area contributed by atoms with Crippen molar-refractivity contribution in [2.45, 2.75) is 23.1 Å². The summed E-state index contributed by atoms with van der Waals surface area (Å²) in [6, 6.07) is 16.7. The normalized spacial score (nSPS) is 14.1. The van der Waals surface area contributed by atoms with Gasteiger partial charge in [-0.05, 0) is 52.7 Å². The summed E-state index contributed by atoms with van der Waals surface area (Å²) >= 11 is 8.85. The molecule has 2 unspecified atom stereocenters. The molecule has 2 atom stereocenters. The molecule has 0 heterocycles. The molecule has 0 bridgehead atoms. The molecule has 0 saturated heterocycles. The second-order valence-electron chi connectivity index (χ2n) is 4.38. The van der Waals surface area contributed by atoms with Gasteiger partial charge in [-0.3, -0.25) is 0 Å². The van der Waals surface area contributed by atoms with Crippen LogP contribution in [0.3, 0.4) is 0 Å². The Kier molecular flexibility index (Phi) is 5.51. The second-order valence-corrected chi connectivity index (χ2v) is 7.33. The van der Waals surface area contributed by atoms with Crippen LogP contribution in [0, 0.1) is 0 Å². The summed E-state index contributed by atoms with van der Waals surface area (Å²) in [7, 11) is 0. The van der Waals surface area contributed by atoms with Crippen molar-refractivity contribution in [3.8, 4) is 0 Å². The van der Waals surface area contributed by atoms with Crippen molar-refractivity contribution >= 4 is 43.6 Å². The van der Waals surface area contributed by atoms with Gasteiger partial charge in [-0.2, -0.15) is 0 Å². The molecule has 2 rings (SSSR count). The van der Waals surface area contributed by atoms with E-state index in [2.05, 4.69) is 75.2 Å². The first-order valence-corrected chi connectivity index (χ1v) is 8.46. The van der Waals surface area contributed by atoms with Crippen molar-refractivity contribution in [1.29, 1.82) is 0 Å². The molecule has 0 spiro atoms. The van der Waals surface area contributed by atoms with Crippen LogP contribution in [0.15, 0.2) is 62.4 Å². The molecule has 1 nitrogen and oxygen atoms in total. The molecule has 0 radical (unpaired) electrons. The third-order valence-corrected chi connectivity index (χ3v) is 5.81. The molecule has 100 valence electrons. The SMILES string of the molecule is CC(N)C(Sc1ccccc1Br)c1ccc(Br)cc1. The number of hydrogen-bond acceptors (Lipinski definition) is 2. The lowest BCUT2D eigenvalue weighted by molar-refractivity contribution is 0.721. The van der Waals surface area contributed by atoms with Crippen molar-refractivity contribution in [1.82, 2.24) is 0 Å². The quantitative estimate of drug-likeness (QED) is 0.696. The topological polar surface area (TPSA) is 26.0 Å². The van der Waals surface area contributed by atoms with Crippen LogP contribution in [0.2, 0.25) is 0 Å².